The molecule has 0 bridgehead atoms. The predicted octanol–water partition coefficient (Wildman–Crippen LogP) is 2.30. The van der Waals surface area contributed by atoms with Crippen molar-refractivity contribution in [3.63, 3.8) is 0 Å². The van der Waals surface area contributed by atoms with E-state index >= 15 is 0 Å². The molecule has 0 amide bonds. The minimum absolute atomic E-state index is 0.426. The van der Waals surface area contributed by atoms with Crippen molar-refractivity contribution in [2.45, 2.75) is 26.3 Å². The van der Waals surface area contributed by atoms with Gasteiger partial charge in [0.15, 0.2) is 0 Å². The molecule has 1 aromatic carbocycles. The molecule has 0 spiro atoms. The zero-order valence-electron chi connectivity index (χ0n) is 10.4. The number of hydrogen-bond donors (Lipinski definition) is 1. The average molecular weight is 229 g/mol. The summed E-state index contributed by atoms with van der Waals surface area (Å²) >= 11 is 0. The molecule has 1 atom stereocenters. The Morgan fingerprint density at radius 2 is 1.94 bits per heavy atom. The average Bonchev–Trinajstić information content (AvgIpc) is 2.75. The molecule has 3 heteroatoms. The smallest absolute Gasteiger partial charge is 0.0662 e. The fourth-order valence-corrected chi connectivity index (χ4v) is 1.82. The second kappa shape index (κ2) is 5.15. The van der Waals surface area contributed by atoms with E-state index in [9.17, 15) is 0 Å². The summed E-state index contributed by atoms with van der Waals surface area (Å²) < 4.78 is 2.00. The van der Waals surface area contributed by atoms with Crippen molar-refractivity contribution in [1.82, 2.24) is 9.78 Å². The topological polar surface area (TPSA) is 43.8 Å². The Kier molecular flexibility index (Phi) is 3.59. The van der Waals surface area contributed by atoms with Gasteiger partial charge in [-0.15, -0.1) is 0 Å². The van der Waals surface area contributed by atoms with Crippen molar-refractivity contribution >= 4 is 0 Å². The SMILES string of the molecule is Cc1ccnn1Cc1ccc(C(C)CN)cc1. The van der Waals surface area contributed by atoms with Crippen LogP contribution in [0.2, 0.25) is 0 Å². The summed E-state index contributed by atoms with van der Waals surface area (Å²) in [5.74, 6) is 0.426. The quantitative estimate of drug-likeness (QED) is 0.874. The van der Waals surface area contributed by atoms with Crippen LogP contribution in [0.15, 0.2) is 36.5 Å². The Balaban J connectivity index is 2.11. The summed E-state index contributed by atoms with van der Waals surface area (Å²) in [6.45, 7) is 5.73. The van der Waals surface area contributed by atoms with E-state index in [0.717, 1.165) is 6.54 Å². The molecule has 1 aromatic heterocycles. The van der Waals surface area contributed by atoms with Crippen LogP contribution in [0.25, 0.3) is 0 Å². The highest BCUT2D eigenvalue weighted by atomic mass is 15.3. The van der Waals surface area contributed by atoms with Gasteiger partial charge in [0.2, 0.25) is 0 Å². The van der Waals surface area contributed by atoms with Gasteiger partial charge in [-0.05, 0) is 36.6 Å². The van der Waals surface area contributed by atoms with E-state index in [0.29, 0.717) is 12.5 Å². The zero-order chi connectivity index (χ0) is 12.3. The number of aryl methyl sites for hydroxylation is 1. The second-order valence-electron chi connectivity index (χ2n) is 4.51. The van der Waals surface area contributed by atoms with Crippen LogP contribution in [0, 0.1) is 6.92 Å². The lowest BCUT2D eigenvalue weighted by atomic mass is 10.0. The number of aromatic nitrogens is 2. The third kappa shape index (κ3) is 2.74. The van der Waals surface area contributed by atoms with Gasteiger partial charge in [0, 0.05) is 11.9 Å². The maximum Gasteiger partial charge on any atom is 0.0662 e. The standard InChI is InChI=1S/C14H19N3/c1-11(9-15)14-5-3-13(4-6-14)10-17-12(2)7-8-16-17/h3-8,11H,9-10,15H2,1-2H3. The Labute approximate surface area is 102 Å². The van der Waals surface area contributed by atoms with Crippen LogP contribution in [-0.4, -0.2) is 16.3 Å². The minimum atomic E-state index is 0.426. The molecule has 0 fully saturated rings. The molecule has 3 nitrogen and oxygen atoms in total. The normalized spacial score (nSPS) is 12.6. The lowest BCUT2D eigenvalue weighted by Crippen LogP contribution is -2.09. The number of nitrogens with two attached hydrogens (primary N) is 1. The number of benzene rings is 1. The van der Waals surface area contributed by atoms with E-state index in [4.69, 9.17) is 5.73 Å². The third-order valence-corrected chi connectivity index (χ3v) is 3.16. The van der Waals surface area contributed by atoms with Crippen molar-refractivity contribution in [1.29, 1.82) is 0 Å². The Morgan fingerprint density at radius 1 is 1.24 bits per heavy atom. The van der Waals surface area contributed by atoms with E-state index in [1.807, 2.05) is 16.9 Å². The van der Waals surface area contributed by atoms with Crippen LogP contribution >= 0.6 is 0 Å². The largest absolute Gasteiger partial charge is 0.330 e. The fourth-order valence-electron chi connectivity index (χ4n) is 1.82. The molecule has 0 aliphatic rings. The van der Waals surface area contributed by atoms with Gasteiger partial charge in [0.05, 0.1) is 6.54 Å². The molecule has 2 aromatic rings. The molecule has 0 radical (unpaired) electrons. The zero-order valence-corrected chi connectivity index (χ0v) is 10.4. The van der Waals surface area contributed by atoms with Gasteiger partial charge in [0.25, 0.3) is 0 Å². The van der Waals surface area contributed by atoms with Crippen LogP contribution in [0.4, 0.5) is 0 Å². The maximum atomic E-state index is 5.66. The van der Waals surface area contributed by atoms with Crippen LogP contribution in [0.5, 0.6) is 0 Å². The summed E-state index contributed by atoms with van der Waals surface area (Å²) in [5, 5.41) is 4.28. The highest BCUT2D eigenvalue weighted by Crippen LogP contribution is 2.15. The first-order chi connectivity index (χ1) is 8.20. The molecule has 2 rings (SSSR count). The summed E-state index contributed by atoms with van der Waals surface area (Å²) in [6.07, 6.45) is 1.83. The molecule has 90 valence electrons. The van der Waals surface area contributed by atoms with Gasteiger partial charge in [-0.3, -0.25) is 4.68 Å². The van der Waals surface area contributed by atoms with Crippen molar-refractivity contribution < 1.29 is 0 Å². The van der Waals surface area contributed by atoms with Gasteiger partial charge >= 0.3 is 0 Å². The van der Waals surface area contributed by atoms with Crippen LogP contribution < -0.4 is 5.73 Å². The predicted molar refractivity (Wildman–Crippen MR) is 70.0 cm³/mol. The van der Waals surface area contributed by atoms with Crippen molar-refractivity contribution in [2.24, 2.45) is 5.73 Å². The highest BCUT2D eigenvalue weighted by molar-refractivity contribution is 5.25. The summed E-state index contributed by atoms with van der Waals surface area (Å²) in [6, 6.07) is 10.6. The molecule has 0 saturated carbocycles. The molecule has 0 saturated heterocycles. The molecular formula is C14H19N3. The Hall–Kier alpha value is -1.61. The van der Waals surface area contributed by atoms with Crippen LogP contribution in [0.3, 0.4) is 0 Å². The molecular weight excluding hydrogens is 210 g/mol. The fraction of sp³-hybridized carbons (Fsp3) is 0.357. The number of hydrogen-bond acceptors (Lipinski definition) is 2. The first kappa shape index (κ1) is 11.9. The van der Waals surface area contributed by atoms with Crippen molar-refractivity contribution in [3.05, 3.63) is 53.3 Å². The monoisotopic (exact) mass is 229 g/mol. The Morgan fingerprint density at radius 3 is 2.47 bits per heavy atom. The second-order valence-corrected chi connectivity index (χ2v) is 4.51. The molecule has 0 aliphatic heterocycles. The van der Waals surface area contributed by atoms with Crippen molar-refractivity contribution in [2.75, 3.05) is 6.54 Å². The number of rotatable bonds is 4. The van der Waals surface area contributed by atoms with E-state index < -0.39 is 0 Å². The Bertz CT molecular complexity index is 470. The maximum absolute atomic E-state index is 5.66. The van der Waals surface area contributed by atoms with E-state index in [1.54, 1.807) is 0 Å². The molecule has 17 heavy (non-hydrogen) atoms. The number of nitrogens with zero attached hydrogens (tertiary/aromatic N) is 2. The van der Waals surface area contributed by atoms with Gasteiger partial charge in [0.1, 0.15) is 0 Å². The first-order valence-corrected chi connectivity index (χ1v) is 5.98. The van der Waals surface area contributed by atoms with E-state index in [-0.39, 0.29) is 0 Å². The lowest BCUT2D eigenvalue weighted by molar-refractivity contribution is 0.664. The highest BCUT2D eigenvalue weighted by Gasteiger charge is 2.03. The molecule has 1 unspecified atom stereocenters. The van der Waals surface area contributed by atoms with Crippen LogP contribution in [-0.2, 0) is 6.54 Å². The molecule has 2 N–H and O–H groups in total. The third-order valence-electron chi connectivity index (χ3n) is 3.16. The van der Waals surface area contributed by atoms with Gasteiger partial charge in [-0.2, -0.15) is 5.10 Å². The van der Waals surface area contributed by atoms with Gasteiger partial charge in [-0.1, -0.05) is 31.2 Å². The van der Waals surface area contributed by atoms with Crippen LogP contribution in [0.1, 0.15) is 29.7 Å². The summed E-state index contributed by atoms with van der Waals surface area (Å²) in [5.41, 5.74) is 9.41. The molecule has 0 aliphatic carbocycles. The van der Waals surface area contributed by atoms with E-state index in [2.05, 4.69) is 43.2 Å². The van der Waals surface area contributed by atoms with Gasteiger partial charge < -0.3 is 5.73 Å². The minimum Gasteiger partial charge on any atom is -0.330 e. The van der Waals surface area contributed by atoms with E-state index in [1.165, 1.54) is 16.8 Å². The summed E-state index contributed by atoms with van der Waals surface area (Å²) in [7, 11) is 0. The van der Waals surface area contributed by atoms with Gasteiger partial charge in [-0.25, -0.2) is 0 Å². The lowest BCUT2D eigenvalue weighted by Gasteiger charge is -2.10. The first-order valence-electron chi connectivity index (χ1n) is 5.98. The van der Waals surface area contributed by atoms with Crippen molar-refractivity contribution in [3.8, 4) is 0 Å². The summed E-state index contributed by atoms with van der Waals surface area (Å²) in [4.78, 5) is 0. The molecule has 1 heterocycles.